The Morgan fingerprint density at radius 1 is 1.03 bits per heavy atom. The number of nitrogens with zero attached hydrogens (tertiary/aromatic N) is 1. The molecule has 30 heavy (non-hydrogen) atoms. The maximum atomic E-state index is 12.5. The quantitative estimate of drug-likeness (QED) is 0.614. The van der Waals surface area contributed by atoms with Gasteiger partial charge in [-0.05, 0) is 29.7 Å². The van der Waals surface area contributed by atoms with Gasteiger partial charge < -0.3 is 20.1 Å². The summed E-state index contributed by atoms with van der Waals surface area (Å²) in [5.41, 5.74) is 1.83. The van der Waals surface area contributed by atoms with E-state index in [2.05, 4.69) is 10.6 Å². The van der Waals surface area contributed by atoms with Crippen molar-refractivity contribution in [1.29, 1.82) is 0 Å². The molecule has 1 heterocycles. The number of methoxy groups -OCH3 is 2. The Bertz CT molecular complexity index is 916. The monoisotopic (exact) mass is 411 g/mol. The number of carbonyl (C=O) groups is 3. The van der Waals surface area contributed by atoms with Crippen LogP contribution in [0.2, 0.25) is 0 Å². The lowest BCUT2D eigenvalue weighted by Gasteiger charge is -2.13. The molecule has 0 radical (unpaired) electrons. The molecule has 1 saturated heterocycles. The van der Waals surface area contributed by atoms with Gasteiger partial charge >= 0.3 is 6.03 Å². The third-order valence-corrected chi connectivity index (χ3v) is 4.86. The lowest BCUT2D eigenvalue weighted by Crippen LogP contribution is -2.37. The van der Waals surface area contributed by atoms with Crippen LogP contribution >= 0.6 is 0 Å². The maximum absolute atomic E-state index is 12.5. The Labute approximate surface area is 175 Å². The largest absolute Gasteiger partial charge is 0.493 e. The van der Waals surface area contributed by atoms with Gasteiger partial charge in [0.25, 0.3) is 5.91 Å². The SMILES string of the molecule is COc1ccc(CCNC(=O)C[C@H]2NC(=O)N(Cc3ccccc3)C2=O)cc1OC. The van der Waals surface area contributed by atoms with Crippen LogP contribution in [0.25, 0.3) is 0 Å². The number of carbonyl (C=O) groups excluding carboxylic acids is 3. The highest BCUT2D eigenvalue weighted by atomic mass is 16.5. The van der Waals surface area contributed by atoms with Crippen LogP contribution in [0.3, 0.4) is 0 Å². The van der Waals surface area contributed by atoms with Gasteiger partial charge in [0.05, 0.1) is 27.2 Å². The zero-order valence-corrected chi connectivity index (χ0v) is 17.0. The number of nitrogens with one attached hydrogen (secondary N) is 2. The van der Waals surface area contributed by atoms with Crippen molar-refractivity contribution in [3.8, 4) is 11.5 Å². The molecule has 8 nitrogen and oxygen atoms in total. The highest BCUT2D eigenvalue weighted by Gasteiger charge is 2.38. The van der Waals surface area contributed by atoms with E-state index >= 15 is 0 Å². The number of rotatable bonds is 9. The van der Waals surface area contributed by atoms with E-state index < -0.39 is 12.1 Å². The van der Waals surface area contributed by atoms with Crippen LogP contribution in [0.5, 0.6) is 11.5 Å². The second kappa shape index (κ2) is 9.78. The summed E-state index contributed by atoms with van der Waals surface area (Å²) in [5, 5.41) is 5.38. The molecular formula is C22H25N3O5. The molecule has 1 aliphatic rings. The van der Waals surface area contributed by atoms with E-state index in [1.807, 2.05) is 48.5 Å². The fraction of sp³-hybridized carbons (Fsp3) is 0.318. The van der Waals surface area contributed by atoms with Gasteiger partial charge in [-0.1, -0.05) is 36.4 Å². The van der Waals surface area contributed by atoms with Crippen molar-refractivity contribution >= 4 is 17.8 Å². The average Bonchev–Trinajstić information content (AvgIpc) is 3.01. The Hall–Kier alpha value is -3.55. The molecule has 2 aromatic carbocycles. The standard InChI is InChI=1S/C22H25N3O5/c1-29-18-9-8-15(12-19(18)30-2)10-11-23-20(26)13-17-21(27)25(22(28)24-17)14-16-6-4-3-5-7-16/h3-9,12,17H,10-11,13-14H2,1-2H3,(H,23,26)(H,24,28)/t17-/m1/s1. The number of hydrogen-bond donors (Lipinski definition) is 2. The van der Waals surface area contributed by atoms with Gasteiger partial charge in [0.15, 0.2) is 11.5 Å². The van der Waals surface area contributed by atoms with E-state index in [1.54, 1.807) is 14.2 Å². The van der Waals surface area contributed by atoms with Crippen LogP contribution in [0, 0.1) is 0 Å². The van der Waals surface area contributed by atoms with Crippen LogP contribution in [0.4, 0.5) is 4.79 Å². The van der Waals surface area contributed by atoms with Crippen molar-refractivity contribution in [3.63, 3.8) is 0 Å². The number of amides is 4. The molecule has 0 unspecified atom stereocenters. The van der Waals surface area contributed by atoms with Gasteiger partial charge in [-0.25, -0.2) is 4.79 Å². The summed E-state index contributed by atoms with van der Waals surface area (Å²) in [6, 6.07) is 13.5. The molecule has 8 heteroatoms. The zero-order valence-electron chi connectivity index (χ0n) is 17.0. The highest BCUT2D eigenvalue weighted by Crippen LogP contribution is 2.27. The van der Waals surface area contributed by atoms with Gasteiger partial charge in [-0.15, -0.1) is 0 Å². The van der Waals surface area contributed by atoms with Crippen LogP contribution < -0.4 is 20.1 Å². The van der Waals surface area contributed by atoms with Crippen molar-refractivity contribution in [3.05, 3.63) is 59.7 Å². The second-order valence-corrected chi connectivity index (χ2v) is 6.91. The third-order valence-electron chi connectivity index (χ3n) is 4.86. The van der Waals surface area contributed by atoms with Crippen LogP contribution in [0.15, 0.2) is 48.5 Å². The van der Waals surface area contributed by atoms with Crippen LogP contribution in [-0.4, -0.2) is 49.6 Å². The van der Waals surface area contributed by atoms with E-state index in [0.29, 0.717) is 24.5 Å². The van der Waals surface area contributed by atoms with E-state index in [9.17, 15) is 14.4 Å². The third kappa shape index (κ3) is 5.08. The van der Waals surface area contributed by atoms with Crippen molar-refractivity contribution in [2.75, 3.05) is 20.8 Å². The number of hydrogen-bond acceptors (Lipinski definition) is 5. The molecule has 4 amide bonds. The Morgan fingerprint density at radius 3 is 2.47 bits per heavy atom. The van der Waals surface area contributed by atoms with E-state index in [0.717, 1.165) is 16.0 Å². The van der Waals surface area contributed by atoms with Crippen LogP contribution in [-0.2, 0) is 22.6 Å². The Balaban J connectivity index is 1.48. The molecule has 2 N–H and O–H groups in total. The lowest BCUT2D eigenvalue weighted by molar-refractivity contribution is -0.131. The molecule has 1 fully saturated rings. The first-order valence-electron chi connectivity index (χ1n) is 9.65. The molecule has 1 atom stereocenters. The Kier molecular flexibility index (Phi) is 6.90. The molecule has 158 valence electrons. The maximum Gasteiger partial charge on any atom is 0.325 e. The molecule has 2 aromatic rings. The molecular weight excluding hydrogens is 386 g/mol. The normalized spacial score (nSPS) is 15.7. The molecule has 3 rings (SSSR count). The summed E-state index contributed by atoms with van der Waals surface area (Å²) in [6.07, 6.45) is 0.499. The summed E-state index contributed by atoms with van der Waals surface area (Å²) in [5.74, 6) is 0.578. The fourth-order valence-corrected chi connectivity index (χ4v) is 3.27. The first-order valence-corrected chi connectivity index (χ1v) is 9.65. The van der Waals surface area contributed by atoms with E-state index in [4.69, 9.17) is 9.47 Å². The molecule has 1 aliphatic heterocycles. The van der Waals surface area contributed by atoms with Crippen molar-refractivity contribution in [2.24, 2.45) is 0 Å². The van der Waals surface area contributed by atoms with Gasteiger partial charge in [0, 0.05) is 6.54 Å². The molecule has 0 bridgehead atoms. The molecule has 0 aliphatic carbocycles. The highest BCUT2D eigenvalue weighted by molar-refractivity contribution is 6.05. The first kappa shape index (κ1) is 21.2. The minimum atomic E-state index is -0.845. The topological polar surface area (TPSA) is 97.0 Å². The van der Waals surface area contributed by atoms with Crippen molar-refractivity contribution in [2.45, 2.75) is 25.4 Å². The average molecular weight is 411 g/mol. The van der Waals surface area contributed by atoms with Crippen LogP contribution in [0.1, 0.15) is 17.5 Å². The number of urea groups is 1. The summed E-state index contributed by atoms with van der Waals surface area (Å²) in [7, 11) is 3.14. The minimum absolute atomic E-state index is 0.0954. The fourth-order valence-electron chi connectivity index (χ4n) is 3.27. The van der Waals surface area contributed by atoms with E-state index in [-0.39, 0.29) is 24.8 Å². The predicted molar refractivity (Wildman–Crippen MR) is 110 cm³/mol. The zero-order chi connectivity index (χ0) is 21.5. The number of imide groups is 1. The lowest BCUT2D eigenvalue weighted by atomic mass is 10.1. The van der Waals surface area contributed by atoms with E-state index in [1.165, 1.54) is 0 Å². The van der Waals surface area contributed by atoms with Crippen molar-refractivity contribution < 1.29 is 23.9 Å². The van der Waals surface area contributed by atoms with Gasteiger partial charge in [-0.3, -0.25) is 14.5 Å². The van der Waals surface area contributed by atoms with Gasteiger partial charge in [0.2, 0.25) is 5.91 Å². The minimum Gasteiger partial charge on any atom is -0.493 e. The Morgan fingerprint density at radius 2 is 1.77 bits per heavy atom. The summed E-state index contributed by atoms with van der Waals surface area (Å²) in [4.78, 5) is 38.0. The second-order valence-electron chi connectivity index (χ2n) is 6.91. The molecule has 0 spiro atoms. The number of benzene rings is 2. The summed E-state index contributed by atoms with van der Waals surface area (Å²) in [6.45, 7) is 0.583. The van der Waals surface area contributed by atoms with Gasteiger partial charge in [0.1, 0.15) is 6.04 Å². The molecule has 0 aromatic heterocycles. The first-order chi connectivity index (χ1) is 14.5. The van der Waals surface area contributed by atoms with Crippen molar-refractivity contribution in [1.82, 2.24) is 15.5 Å². The predicted octanol–water partition coefficient (Wildman–Crippen LogP) is 1.87. The van der Waals surface area contributed by atoms with Gasteiger partial charge in [-0.2, -0.15) is 0 Å². The summed E-state index contributed by atoms with van der Waals surface area (Å²) >= 11 is 0. The smallest absolute Gasteiger partial charge is 0.325 e. The number of ether oxygens (including phenoxy) is 2. The summed E-state index contributed by atoms with van der Waals surface area (Å²) < 4.78 is 10.5. The molecule has 0 saturated carbocycles.